The minimum Gasteiger partial charge on any atom is -0.464 e. The predicted octanol–water partition coefficient (Wildman–Crippen LogP) is 6.55. The van der Waals surface area contributed by atoms with Crippen LogP contribution in [0.2, 0.25) is 0 Å². The number of amides is 1. The van der Waals surface area contributed by atoms with Gasteiger partial charge < -0.3 is 9.73 Å². The first-order valence-corrected chi connectivity index (χ1v) is 15.0. The molecule has 2 heterocycles. The second-order valence-electron chi connectivity index (χ2n) is 11.5. The second-order valence-corrected chi connectivity index (χ2v) is 13.4. The van der Waals surface area contributed by atoms with Gasteiger partial charge in [-0.3, -0.25) is 4.79 Å². The van der Waals surface area contributed by atoms with Gasteiger partial charge in [-0.2, -0.15) is 4.31 Å². The number of hydrogen-bond donors (Lipinski definition) is 1. The molecule has 0 atom stereocenters. The van der Waals surface area contributed by atoms with Crippen LogP contribution in [0.4, 0.5) is 5.69 Å². The van der Waals surface area contributed by atoms with Gasteiger partial charge in [-0.15, -0.1) is 0 Å². The van der Waals surface area contributed by atoms with Crippen molar-refractivity contribution in [3.8, 4) is 0 Å². The average molecular weight is 545 g/mol. The van der Waals surface area contributed by atoms with Crippen molar-refractivity contribution in [1.29, 1.82) is 0 Å². The summed E-state index contributed by atoms with van der Waals surface area (Å²) in [5, 5.41) is 3.82. The van der Waals surface area contributed by atoms with E-state index in [2.05, 4.69) is 50.4 Å². The van der Waals surface area contributed by atoms with Crippen LogP contribution in [0.25, 0.3) is 11.0 Å². The first-order valence-electron chi connectivity index (χ1n) is 13.5. The Balaban J connectivity index is 1.19. The number of rotatable bonds is 7. The topological polar surface area (TPSA) is 79.6 Å². The summed E-state index contributed by atoms with van der Waals surface area (Å²) in [5.74, 6) is 0.304. The van der Waals surface area contributed by atoms with Crippen LogP contribution >= 0.6 is 0 Å². The summed E-state index contributed by atoms with van der Waals surface area (Å²) in [6.07, 6.45) is 4.48. The van der Waals surface area contributed by atoms with Gasteiger partial charge in [0.1, 0.15) is 5.58 Å². The molecule has 0 saturated carbocycles. The predicted molar refractivity (Wildman–Crippen MR) is 155 cm³/mol. The number of benzene rings is 3. The number of carbonyl (C=O) groups is 1. The zero-order valence-electron chi connectivity index (χ0n) is 22.8. The lowest BCUT2D eigenvalue weighted by atomic mass is 9.86. The van der Waals surface area contributed by atoms with E-state index in [0.717, 1.165) is 35.8 Å². The molecule has 7 heteroatoms. The molecule has 4 aromatic rings. The van der Waals surface area contributed by atoms with Gasteiger partial charge in [0.25, 0.3) is 0 Å². The van der Waals surface area contributed by atoms with Crippen molar-refractivity contribution in [2.24, 2.45) is 5.92 Å². The van der Waals surface area contributed by atoms with Crippen LogP contribution < -0.4 is 5.32 Å². The Bertz CT molecular complexity index is 1540. The highest BCUT2D eigenvalue weighted by atomic mass is 32.2. The quantitative estimate of drug-likeness (QED) is 0.286. The van der Waals surface area contributed by atoms with E-state index in [0.29, 0.717) is 24.7 Å². The second kappa shape index (κ2) is 11.0. The normalized spacial score (nSPS) is 15.5. The zero-order chi connectivity index (χ0) is 27.6. The molecule has 0 radical (unpaired) electrons. The van der Waals surface area contributed by atoms with Crippen LogP contribution in [-0.2, 0) is 33.1 Å². The van der Waals surface area contributed by atoms with Crippen LogP contribution in [-0.4, -0.2) is 31.7 Å². The van der Waals surface area contributed by atoms with Gasteiger partial charge in [0.15, 0.2) is 0 Å². The third-order valence-corrected chi connectivity index (χ3v) is 9.50. The van der Waals surface area contributed by atoms with Crippen molar-refractivity contribution in [1.82, 2.24) is 4.31 Å². The molecule has 0 aliphatic carbocycles. The molecule has 39 heavy (non-hydrogen) atoms. The molecule has 0 unspecified atom stereocenters. The number of furan rings is 1. The van der Waals surface area contributed by atoms with Gasteiger partial charge in [0, 0.05) is 29.7 Å². The van der Waals surface area contributed by atoms with Crippen LogP contribution in [0.3, 0.4) is 0 Å². The summed E-state index contributed by atoms with van der Waals surface area (Å²) in [4.78, 5) is 13.1. The van der Waals surface area contributed by atoms with Crippen molar-refractivity contribution in [3.05, 3.63) is 95.7 Å². The van der Waals surface area contributed by atoms with Gasteiger partial charge in [0.05, 0.1) is 17.6 Å². The Labute approximate surface area is 231 Å². The Morgan fingerprint density at radius 1 is 0.974 bits per heavy atom. The molecule has 1 saturated heterocycles. The molecule has 1 aliphatic heterocycles. The molecule has 1 fully saturated rings. The van der Waals surface area contributed by atoms with Crippen molar-refractivity contribution < 1.29 is 17.6 Å². The molecular formula is C32H36N2O4S. The number of hydrogen-bond acceptors (Lipinski definition) is 4. The summed E-state index contributed by atoms with van der Waals surface area (Å²) >= 11 is 0. The summed E-state index contributed by atoms with van der Waals surface area (Å²) in [5.41, 5.74) is 4.60. The lowest BCUT2D eigenvalue weighted by molar-refractivity contribution is -0.115. The van der Waals surface area contributed by atoms with E-state index in [9.17, 15) is 13.2 Å². The lowest BCUT2D eigenvalue weighted by Crippen LogP contribution is -2.38. The fourth-order valence-electron chi connectivity index (χ4n) is 5.22. The number of sulfonamides is 1. The molecule has 0 bridgehead atoms. The maximum absolute atomic E-state index is 13.2. The van der Waals surface area contributed by atoms with E-state index in [-0.39, 0.29) is 22.6 Å². The van der Waals surface area contributed by atoms with Crippen LogP contribution in [0.5, 0.6) is 0 Å². The van der Waals surface area contributed by atoms with E-state index in [1.165, 1.54) is 11.1 Å². The standard InChI is InChI=1S/C32H36N2O4S/c1-32(2,3)26-9-14-30-29(21-26)25(22-38-30)20-31(35)33-27-10-12-28(13-11-27)39(36,37)34-17-15-24(16-18-34)19-23-7-5-4-6-8-23/h4-14,21-22,24H,15-20H2,1-3H3,(H,33,35). The lowest BCUT2D eigenvalue weighted by Gasteiger charge is -2.31. The third kappa shape index (κ3) is 6.26. The maximum atomic E-state index is 13.2. The Hall–Kier alpha value is -3.42. The molecule has 3 aromatic carbocycles. The molecule has 1 aromatic heterocycles. The monoisotopic (exact) mass is 544 g/mol. The van der Waals surface area contributed by atoms with Crippen LogP contribution in [0.15, 0.2) is 88.4 Å². The molecule has 1 aliphatic rings. The first-order chi connectivity index (χ1) is 18.6. The van der Waals surface area contributed by atoms with Crippen molar-refractivity contribution in [3.63, 3.8) is 0 Å². The van der Waals surface area contributed by atoms with E-state index in [4.69, 9.17) is 4.42 Å². The van der Waals surface area contributed by atoms with Crippen molar-refractivity contribution in [2.75, 3.05) is 18.4 Å². The minimum atomic E-state index is -3.58. The third-order valence-electron chi connectivity index (χ3n) is 7.59. The molecule has 1 amide bonds. The molecule has 0 spiro atoms. The number of anilines is 1. The Morgan fingerprint density at radius 2 is 1.67 bits per heavy atom. The number of nitrogens with zero attached hydrogens (tertiary/aromatic N) is 1. The average Bonchev–Trinajstić information content (AvgIpc) is 3.31. The molecule has 5 rings (SSSR count). The number of carbonyl (C=O) groups excluding carboxylic acids is 1. The Morgan fingerprint density at radius 3 is 2.33 bits per heavy atom. The highest BCUT2D eigenvalue weighted by Gasteiger charge is 2.29. The van der Waals surface area contributed by atoms with Gasteiger partial charge in [0.2, 0.25) is 15.9 Å². The summed E-state index contributed by atoms with van der Waals surface area (Å²) < 4.78 is 33.7. The number of nitrogens with one attached hydrogen (secondary N) is 1. The van der Waals surface area contributed by atoms with Crippen molar-refractivity contribution >= 4 is 32.6 Å². The van der Waals surface area contributed by atoms with E-state index < -0.39 is 10.0 Å². The van der Waals surface area contributed by atoms with Crippen molar-refractivity contribution in [2.45, 2.75) is 56.8 Å². The molecule has 6 nitrogen and oxygen atoms in total. The van der Waals surface area contributed by atoms with Crippen LogP contribution in [0.1, 0.15) is 50.3 Å². The molecular weight excluding hydrogens is 508 g/mol. The van der Waals surface area contributed by atoms with Gasteiger partial charge in [-0.1, -0.05) is 57.2 Å². The zero-order valence-corrected chi connectivity index (χ0v) is 23.6. The minimum absolute atomic E-state index is 0.00879. The Kier molecular flexibility index (Phi) is 7.65. The largest absolute Gasteiger partial charge is 0.464 e. The summed E-state index contributed by atoms with van der Waals surface area (Å²) in [6, 6.07) is 22.9. The van der Waals surface area contributed by atoms with E-state index in [1.807, 2.05) is 24.3 Å². The smallest absolute Gasteiger partial charge is 0.243 e. The summed E-state index contributed by atoms with van der Waals surface area (Å²) in [6.45, 7) is 7.50. The van der Waals surface area contributed by atoms with Crippen LogP contribution in [0, 0.1) is 5.92 Å². The van der Waals surface area contributed by atoms with Gasteiger partial charge >= 0.3 is 0 Å². The SMILES string of the molecule is CC(C)(C)c1ccc2occ(CC(=O)Nc3ccc(S(=O)(=O)N4CCC(Cc5ccccc5)CC4)cc3)c2c1. The first kappa shape index (κ1) is 27.2. The fraction of sp³-hybridized carbons (Fsp3) is 0.344. The molecule has 204 valence electrons. The van der Waals surface area contributed by atoms with Gasteiger partial charge in [-0.25, -0.2) is 8.42 Å². The van der Waals surface area contributed by atoms with Gasteiger partial charge in [-0.05, 0) is 78.1 Å². The fourth-order valence-corrected chi connectivity index (χ4v) is 6.69. The maximum Gasteiger partial charge on any atom is 0.243 e. The molecule has 1 N–H and O–H groups in total. The summed E-state index contributed by atoms with van der Waals surface area (Å²) in [7, 11) is -3.58. The van der Waals surface area contributed by atoms with E-state index >= 15 is 0 Å². The number of piperidine rings is 1. The number of fused-ring (bicyclic) bond motifs is 1. The highest BCUT2D eigenvalue weighted by Crippen LogP contribution is 2.30. The highest BCUT2D eigenvalue weighted by molar-refractivity contribution is 7.89. The van der Waals surface area contributed by atoms with E-state index in [1.54, 1.807) is 34.8 Å².